The molecule has 4 rings (SSSR count). The molecule has 6 nitrogen and oxygen atoms in total. The van der Waals surface area contributed by atoms with Crippen LogP contribution in [0.25, 0.3) is 6.08 Å². The van der Waals surface area contributed by atoms with Crippen molar-refractivity contribution in [1.29, 1.82) is 0 Å². The van der Waals surface area contributed by atoms with Crippen LogP contribution in [0.4, 0.5) is 5.69 Å². The van der Waals surface area contributed by atoms with Crippen molar-refractivity contribution in [2.75, 3.05) is 5.01 Å². The number of para-hydroxylation sites is 1. The number of carbonyl (C=O) groups excluding carboxylic acids is 1. The number of benzene rings is 2. The predicted octanol–water partition coefficient (Wildman–Crippen LogP) is 4.65. The second-order valence-corrected chi connectivity index (χ2v) is 7.32. The molecule has 2 heterocycles. The van der Waals surface area contributed by atoms with Crippen LogP contribution >= 0.6 is 0 Å². The van der Waals surface area contributed by atoms with E-state index in [4.69, 9.17) is 5.11 Å². The van der Waals surface area contributed by atoms with Gasteiger partial charge in [0.15, 0.2) is 0 Å². The molecule has 2 unspecified atom stereocenters. The first-order valence-electron chi connectivity index (χ1n) is 10.3. The van der Waals surface area contributed by atoms with Crippen LogP contribution in [0.3, 0.4) is 0 Å². The van der Waals surface area contributed by atoms with Gasteiger partial charge >= 0.3 is 27.0 Å². The van der Waals surface area contributed by atoms with Crippen LogP contribution in [0.5, 0.6) is 0 Å². The van der Waals surface area contributed by atoms with Gasteiger partial charge in [-0.25, -0.2) is 4.79 Å². The molecule has 32 heavy (non-hydrogen) atoms. The van der Waals surface area contributed by atoms with Gasteiger partial charge in [0, 0.05) is 29.7 Å². The van der Waals surface area contributed by atoms with E-state index < -0.39 is 12.0 Å². The van der Waals surface area contributed by atoms with Crippen molar-refractivity contribution in [3.8, 4) is 0 Å². The fourth-order valence-electron chi connectivity index (χ4n) is 3.24. The van der Waals surface area contributed by atoms with E-state index in [2.05, 4.69) is 58.1 Å². The van der Waals surface area contributed by atoms with Gasteiger partial charge in [0.1, 0.15) is 6.04 Å². The Morgan fingerprint density at radius 1 is 0.969 bits per heavy atom. The summed E-state index contributed by atoms with van der Waals surface area (Å²) in [5.41, 5.74) is 2.95. The summed E-state index contributed by atoms with van der Waals surface area (Å²) in [6, 6.07) is 16.1. The second-order valence-electron chi connectivity index (χ2n) is 7.32. The molecule has 2 aromatic carbocycles. The number of nitrogens with one attached hydrogen (secondary N) is 1. The number of hydrogen-bond donors (Lipinski definition) is 2. The van der Waals surface area contributed by atoms with Crippen LogP contribution in [0.2, 0.25) is 0 Å². The maximum atomic E-state index is 11.8. The minimum atomic E-state index is -0.997. The van der Waals surface area contributed by atoms with Gasteiger partial charge in [-0.1, -0.05) is 56.7 Å². The molecule has 166 valence electrons. The molecule has 2 aliphatic rings. The Balaban J connectivity index is 0.000000222. The van der Waals surface area contributed by atoms with Gasteiger partial charge in [0.05, 0.1) is 5.69 Å². The standard InChI is InChI=1S/C13H17NO3.C12H10N2.Pt/c1-3-9(2)11(13(16)17)14-12(15)10-7-5-4-6-8-10;1-2-6-12-11(5-1)7-10-13-8-3-4-9-14(12)13;/h4-9,11H,3H2,1-2H3,(H,14,15)(H,16,17);1-10H;/q;;+4. The van der Waals surface area contributed by atoms with E-state index in [1.54, 1.807) is 30.3 Å². The summed E-state index contributed by atoms with van der Waals surface area (Å²) in [7, 11) is 0. The normalized spacial score (nSPS) is 14.7. The molecular formula is C25H27N3O3Pt+4. The van der Waals surface area contributed by atoms with Gasteiger partial charge in [-0.2, -0.15) is 0 Å². The van der Waals surface area contributed by atoms with Crippen molar-refractivity contribution < 1.29 is 35.8 Å². The quantitative estimate of drug-likeness (QED) is 0.515. The summed E-state index contributed by atoms with van der Waals surface area (Å²) in [5, 5.41) is 15.8. The molecule has 0 saturated heterocycles. The van der Waals surface area contributed by atoms with Crippen molar-refractivity contribution >= 4 is 23.6 Å². The molecule has 0 spiro atoms. The van der Waals surface area contributed by atoms with Crippen molar-refractivity contribution in [3.63, 3.8) is 0 Å². The number of allylic oxidation sites excluding steroid dienone is 2. The smallest absolute Gasteiger partial charge is 0.480 e. The molecule has 0 fully saturated rings. The SMILES string of the molecule is C1=CN2C=Cc3ccccc3N2C=C1.CCC(C)C(NC(=O)c1ccccc1)C(=O)O.[Pt+4]. The predicted molar refractivity (Wildman–Crippen MR) is 123 cm³/mol. The van der Waals surface area contributed by atoms with E-state index in [1.807, 2.05) is 32.2 Å². The summed E-state index contributed by atoms with van der Waals surface area (Å²) in [5.74, 6) is -1.44. The van der Waals surface area contributed by atoms with Crippen molar-refractivity contribution in [2.24, 2.45) is 5.92 Å². The molecular weight excluding hydrogens is 585 g/mol. The molecule has 0 bridgehead atoms. The summed E-state index contributed by atoms with van der Waals surface area (Å²) < 4.78 is 0. The number of carboxylic acids is 1. The fourth-order valence-corrected chi connectivity index (χ4v) is 3.24. The van der Waals surface area contributed by atoms with Crippen LogP contribution in [-0.2, 0) is 25.9 Å². The molecule has 0 saturated carbocycles. The van der Waals surface area contributed by atoms with Gasteiger partial charge in [0.2, 0.25) is 0 Å². The van der Waals surface area contributed by atoms with Crippen LogP contribution < -0.4 is 10.3 Å². The zero-order chi connectivity index (χ0) is 22.2. The van der Waals surface area contributed by atoms with Crippen LogP contribution in [0.15, 0.2) is 85.3 Å². The van der Waals surface area contributed by atoms with E-state index in [9.17, 15) is 9.59 Å². The van der Waals surface area contributed by atoms with Gasteiger partial charge in [-0.15, -0.1) is 0 Å². The van der Waals surface area contributed by atoms with Gasteiger partial charge < -0.3 is 10.4 Å². The molecule has 2 atom stereocenters. The van der Waals surface area contributed by atoms with Crippen LogP contribution in [0.1, 0.15) is 36.2 Å². The Kier molecular flexibility index (Phi) is 9.48. The number of amides is 1. The molecule has 2 N–H and O–H groups in total. The number of aliphatic carboxylic acids is 1. The second kappa shape index (κ2) is 12.1. The average molecular weight is 613 g/mol. The van der Waals surface area contributed by atoms with Crippen molar-refractivity contribution in [3.05, 3.63) is 96.5 Å². The van der Waals surface area contributed by atoms with Crippen molar-refractivity contribution in [2.45, 2.75) is 26.3 Å². The van der Waals surface area contributed by atoms with E-state index >= 15 is 0 Å². The Morgan fingerprint density at radius 2 is 1.62 bits per heavy atom. The summed E-state index contributed by atoms with van der Waals surface area (Å²) in [4.78, 5) is 22.9. The minimum Gasteiger partial charge on any atom is -0.480 e. The molecule has 7 heteroatoms. The average Bonchev–Trinajstić information content (AvgIpc) is 2.82. The number of anilines is 1. The number of hydrazine groups is 1. The number of carbonyl (C=O) groups is 2. The number of rotatable bonds is 5. The topological polar surface area (TPSA) is 72.9 Å². The number of hydrogen-bond acceptors (Lipinski definition) is 4. The Morgan fingerprint density at radius 3 is 2.31 bits per heavy atom. The third-order valence-electron chi connectivity index (χ3n) is 5.22. The van der Waals surface area contributed by atoms with Crippen LogP contribution in [0, 0.1) is 5.92 Å². The van der Waals surface area contributed by atoms with Crippen LogP contribution in [-0.4, -0.2) is 28.0 Å². The van der Waals surface area contributed by atoms with Gasteiger partial charge in [-0.05, 0) is 42.3 Å². The maximum Gasteiger partial charge on any atom is 4.00 e. The Hall–Kier alpha value is -3.11. The van der Waals surface area contributed by atoms with Gasteiger partial charge in [0.25, 0.3) is 5.91 Å². The number of carboxylic acid groups (broad SMARTS) is 1. The van der Waals surface area contributed by atoms with E-state index in [0.29, 0.717) is 12.0 Å². The molecule has 2 aromatic rings. The first-order valence-corrected chi connectivity index (χ1v) is 10.3. The summed E-state index contributed by atoms with van der Waals surface area (Å²) in [6.45, 7) is 3.71. The van der Waals surface area contributed by atoms with Gasteiger partial charge in [-0.3, -0.25) is 14.8 Å². The molecule has 2 aliphatic heterocycles. The van der Waals surface area contributed by atoms with E-state index in [-0.39, 0.29) is 32.9 Å². The molecule has 0 aliphatic carbocycles. The minimum absolute atomic E-state index is 0. The Bertz CT molecular complexity index is 1000. The maximum absolute atomic E-state index is 11.8. The molecule has 0 radical (unpaired) electrons. The van der Waals surface area contributed by atoms with E-state index in [1.165, 1.54) is 11.3 Å². The molecule has 1 amide bonds. The number of nitrogens with zero attached hydrogens (tertiary/aromatic N) is 2. The van der Waals surface area contributed by atoms with Crippen molar-refractivity contribution in [1.82, 2.24) is 10.3 Å². The Labute approximate surface area is 203 Å². The third-order valence-corrected chi connectivity index (χ3v) is 5.22. The first-order chi connectivity index (χ1) is 15.0. The monoisotopic (exact) mass is 612 g/mol. The zero-order valence-electron chi connectivity index (χ0n) is 18.0. The first kappa shape index (κ1) is 25.2. The zero-order valence-corrected chi connectivity index (χ0v) is 20.3. The summed E-state index contributed by atoms with van der Waals surface area (Å²) in [6.07, 6.45) is 13.0. The fraction of sp³-hybridized carbons (Fsp3) is 0.200. The third kappa shape index (κ3) is 6.21. The largest absolute Gasteiger partial charge is 4.00 e. The summed E-state index contributed by atoms with van der Waals surface area (Å²) >= 11 is 0. The van der Waals surface area contributed by atoms with E-state index in [0.717, 1.165) is 0 Å². The molecule has 0 aromatic heterocycles. The number of fused-ring (bicyclic) bond motifs is 3.